The first-order valence-electron chi connectivity index (χ1n) is 6.36. The first-order valence-corrected chi connectivity index (χ1v) is 6.36. The second-order valence-corrected chi connectivity index (χ2v) is 5.08. The summed E-state index contributed by atoms with van der Waals surface area (Å²) in [5.41, 5.74) is 0.208. The first-order chi connectivity index (χ1) is 8.47. The molecular formula is C14H18F3N. The smallest absolute Gasteiger partial charge is 0.313 e. The minimum Gasteiger partial charge on any atom is -0.313 e. The van der Waals surface area contributed by atoms with Gasteiger partial charge < -0.3 is 5.32 Å². The van der Waals surface area contributed by atoms with E-state index in [1.165, 1.54) is 12.1 Å². The summed E-state index contributed by atoms with van der Waals surface area (Å²) >= 11 is 0. The normalized spacial score (nSPS) is 25.1. The number of piperidine rings is 1. The summed E-state index contributed by atoms with van der Waals surface area (Å²) in [4.78, 5) is 0. The molecule has 1 aromatic carbocycles. The third kappa shape index (κ3) is 3.25. The van der Waals surface area contributed by atoms with Crippen LogP contribution in [0.3, 0.4) is 0 Å². The van der Waals surface area contributed by atoms with E-state index in [2.05, 4.69) is 12.2 Å². The first kappa shape index (κ1) is 13.4. The van der Waals surface area contributed by atoms with E-state index in [0.717, 1.165) is 31.0 Å². The molecule has 18 heavy (non-hydrogen) atoms. The molecule has 0 spiro atoms. The Morgan fingerprint density at radius 2 is 2.11 bits per heavy atom. The van der Waals surface area contributed by atoms with Gasteiger partial charge in [-0.2, -0.15) is 13.2 Å². The Kier molecular flexibility index (Phi) is 3.95. The molecule has 0 amide bonds. The van der Waals surface area contributed by atoms with E-state index < -0.39 is 11.7 Å². The van der Waals surface area contributed by atoms with Gasteiger partial charge in [-0.3, -0.25) is 0 Å². The van der Waals surface area contributed by atoms with E-state index in [1.54, 1.807) is 6.07 Å². The van der Waals surface area contributed by atoms with Gasteiger partial charge in [0.05, 0.1) is 5.56 Å². The van der Waals surface area contributed by atoms with Gasteiger partial charge in [-0.25, -0.2) is 0 Å². The Hall–Kier alpha value is -1.03. The second-order valence-electron chi connectivity index (χ2n) is 5.08. The fourth-order valence-electron chi connectivity index (χ4n) is 2.52. The largest absolute Gasteiger partial charge is 0.416 e. The Bertz CT molecular complexity index is 400. The highest BCUT2D eigenvalue weighted by molar-refractivity contribution is 5.26. The van der Waals surface area contributed by atoms with Crippen molar-refractivity contribution in [2.45, 2.75) is 38.4 Å². The van der Waals surface area contributed by atoms with Gasteiger partial charge in [0.15, 0.2) is 0 Å². The highest BCUT2D eigenvalue weighted by Gasteiger charge is 2.30. The number of benzene rings is 1. The molecule has 1 nitrogen and oxygen atoms in total. The lowest BCUT2D eigenvalue weighted by Gasteiger charge is -2.30. The summed E-state index contributed by atoms with van der Waals surface area (Å²) in [7, 11) is 0. The molecule has 2 atom stereocenters. The van der Waals surface area contributed by atoms with Crippen LogP contribution in [-0.4, -0.2) is 12.6 Å². The predicted molar refractivity (Wildman–Crippen MR) is 65.3 cm³/mol. The molecule has 1 aromatic rings. The fraction of sp³-hybridized carbons (Fsp3) is 0.571. The summed E-state index contributed by atoms with van der Waals surface area (Å²) in [6, 6.07) is 5.95. The average Bonchev–Trinajstić information content (AvgIpc) is 2.31. The minimum absolute atomic E-state index is 0.294. The molecular weight excluding hydrogens is 239 g/mol. The third-order valence-electron chi connectivity index (χ3n) is 3.64. The fourth-order valence-corrected chi connectivity index (χ4v) is 2.52. The Morgan fingerprint density at radius 1 is 1.33 bits per heavy atom. The van der Waals surface area contributed by atoms with Crippen LogP contribution in [0, 0.1) is 5.92 Å². The molecule has 0 aromatic heterocycles. The van der Waals surface area contributed by atoms with Crippen LogP contribution < -0.4 is 5.32 Å². The zero-order valence-corrected chi connectivity index (χ0v) is 10.4. The molecule has 1 aliphatic rings. The standard InChI is InChI=1S/C14H18F3N/c1-10-4-3-7-18-13(10)9-11-5-2-6-12(8-11)14(15,16)17/h2,5-6,8,10,13,18H,3-4,7,9H2,1H3. The van der Waals surface area contributed by atoms with Crippen molar-refractivity contribution in [3.8, 4) is 0 Å². The molecule has 0 aliphatic carbocycles. The molecule has 1 fully saturated rings. The topological polar surface area (TPSA) is 12.0 Å². The van der Waals surface area contributed by atoms with E-state index in [4.69, 9.17) is 0 Å². The van der Waals surface area contributed by atoms with Crippen LogP contribution in [0.15, 0.2) is 24.3 Å². The lowest BCUT2D eigenvalue weighted by atomic mass is 9.88. The van der Waals surface area contributed by atoms with Gasteiger partial charge in [0.2, 0.25) is 0 Å². The van der Waals surface area contributed by atoms with E-state index in [0.29, 0.717) is 18.4 Å². The number of rotatable bonds is 2. The van der Waals surface area contributed by atoms with Gasteiger partial charge >= 0.3 is 6.18 Å². The molecule has 1 heterocycles. The van der Waals surface area contributed by atoms with Crippen molar-refractivity contribution >= 4 is 0 Å². The number of alkyl halides is 3. The molecule has 0 radical (unpaired) electrons. The molecule has 1 N–H and O–H groups in total. The summed E-state index contributed by atoms with van der Waals surface area (Å²) in [5.74, 6) is 0.522. The lowest BCUT2D eigenvalue weighted by molar-refractivity contribution is -0.137. The summed E-state index contributed by atoms with van der Waals surface area (Å²) in [6.45, 7) is 3.12. The molecule has 100 valence electrons. The Morgan fingerprint density at radius 3 is 2.78 bits per heavy atom. The average molecular weight is 257 g/mol. The van der Waals surface area contributed by atoms with Crippen LogP contribution in [0.4, 0.5) is 13.2 Å². The number of hydrogen-bond donors (Lipinski definition) is 1. The van der Waals surface area contributed by atoms with E-state index in [1.807, 2.05) is 0 Å². The molecule has 4 heteroatoms. The monoisotopic (exact) mass is 257 g/mol. The second kappa shape index (κ2) is 5.31. The van der Waals surface area contributed by atoms with Gasteiger partial charge in [0.1, 0.15) is 0 Å². The van der Waals surface area contributed by atoms with Crippen molar-refractivity contribution in [1.29, 1.82) is 0 Å². The van der Waals surface area contributed by atoms with Gasteiger partial charge in [0.25, 0.3) is 0 Å². The summed E-state index contributed by atoms with van der Waals surface area (Å²) in [6.07, 6.45) is -1.27. The van der Waals surface area contributed by atoms with Crippen LogP contribution in [0.25, 0.3) is 0 Å². The molecule has 2 rings (SSSR count). The number of halogens is 3. The van der Waals surface area contributed by atoms with Gasteiger partial charge in [-0.1, -0.05) is 25.1 Å². The predicted octanol–water partition coefficient (Wildman–Crippen LogP) is 3.64. The Balaban J connectivity index is 2.09. The van der Waals surface area contributed by atoms with E-state index in [9.17, 15) is 13.2 Å². The molecule has 1 aliphatic heterocycles. The maximum absolute atomic E-state index is 12.6. The molecule has 0 saturated carbocycles. The summed E-state index contributed by atoms with van der Waals surface area (Å²) in [5, 5.41) is 3.39. The van der Waals surface area contributed by atoms with Crippen LogP contribution in [-0.2, 0) is 12.6 Å². The van der Waals surface area contributed by atoms with Gasteiger partial charge in [0, 0.05) is 6.04 Å². The molecule has 1 saturated heterocycles. The van der Waals surface area contributed by atoms with Crippen LogP contribution in [0.5, 0.6) is 0 Å². The van der Waals surface area contributed by atoms with Crippen LogP contribution in [0.2, 0.25) is 0 Å². The quantitative estimate of drug-likeness (QED) is 0.853. The van der Waals surface area contributed by atoms with Crippen molar-refractivity contribution in [2.24, 2.45) is 5.92 Å². The van der Waals surface area contributed by atoms with Gasteiger partial charge in [-0.05, 0) is 43.4 Å². The lowest BCUT2D eigenvalue weighted by Crippen LogP contribution is -2.41. The van der Waals surface area contributed by atoms with Crippen LogP contribution in [0.1, 0.15) is 30.9 Å². The van der Waals surface area contributed by atoms with Crippen molar-refractivity contribution in [3.63, 3.8) is 0 Å². The Labute approximate surface area is 105 Å². The van der Waals surface area contributed by atoms with E-state index in [-0.39, 0.29) is 0 Å². The van der Waals surface area contributed by atoms with Crippen molar-refractivity contribution < 1.29 is 13.2 Å². The highest BCUT2D eigenvalue weighted by Crippen LogP contribution is 2.30. The van der Waals surface area contributed by atoms with Crippen LogP contribution >= 0.6 is 0 Å². The van der Waals surface area contributed by atoms with E-state index >= 15 is 0 Å². The molecule has 2 unspecified atom stereocenters. The minimum atomic E-state index is -4.25. The highest BCUT2D eigenvalue weighted by atomic mass is 19.4. The molecule has 0 bridgehead atoms. The maximum atomic E-state index is 12.6. The zero-order chi connectivity index (χ0) is 13.2. The van der Waals surface area contributed by atoms with Gasteiger partial charge in [-0.15, -0.1) is 0 Å². The van der Waals surface area contributed by atoms with Crippen molar-refractivity contribution in [2.75, 3.05) is 6.54 Å². The number of hydrogen-bond acceptors (Lipinski definition) is 1. The summed E-state index contributed by atoms with van der Waals surface area (Å²) < 4.78 is 37.8. The number of nitrogens with one attached hydrogen (secondary N) is 1. The van der Waals surface area contributed by atoms with Crippen molar-refractivity contribution in [3.05, 3.63) is 35.4 Å². The maximum Gasteiger partial charge on any atom is 0.416 e. The SMILES string of the molecule is CC1CCCNC1Cc1cccc(C(F)(F)F)c1. The zero-order valence-electron chi connectivity index (χ0n) is 10.4. The third-order valence-corrected chi connectivity index (χ3v) is 3.64. The van der Waals surface area contributed by atoms with Crippen molar-refractivity contribution in [1.82, 2.24) is 5.32 Å².